The minimum atomic E-state index is 0.585. The topological polar surface area (TPSA) is 62.3 Å². The lowest BCUT2D eigenvalue weighted by Gasteiger charge is -2.23. The Hall–Kier alpha value is -1.56. The third-order valence-corrected chi connectivity index (χ3v) is 3.34. The van der Waals surface area contributed by atoms with E-state index in [9.17, 15) is 0 Å². The van der Waals surface area contributed by atoms with Gasteiger partial charge in [-0.15, -0.1) is 0 Å². The number of anilines is 2. The van der Waals surface area contributed by atoms with E-state index in [4.69, 9.17) is 4.74 Å². The molecule has 0 bridgehead atoms. The van der Waals surface area contributed by atoms with Crippen LogP contribution in [0, 0.1) is 0 Å². The van der Waals surface area contributed by atoms with Gasteiger partial charge in [-0.25, -0.2) is 9.97 Å². The van der Waals surface area contributed by atoms with Gasteiger partial charge in [-0.1, -0.05) is 6.92 Å². The minimum Gasteiger partial charge on any atom is -0.490 e. The zero-order valence-corrected chi connectivity index (χ0v) is 12.5. The highest BCUT2D eigenvalue weighted by Gasteiger charge is 2.11. The fourth-order valence-corrected chi connectivity index (χ4v) is 1.75. The van der Waals surface area contributed by atoms with Crippen molar-refractivity contribution in [1.29, 1.82) is 0 Å². The number of nitrogens with one attached hydrogen (secondary N) is 2. The molecule has 19 heavy (non-hydrogen) atoms. The molecule has 0 aliphatic rings. The van der Waals surface area contributed by atoms with E-state index in [0.717, 1.165) is 25.3 Å². The van der Waals surface area contributed by atoms with Gasteiger partial charge in [0.1, 0.15) is 6.33 Å². The zero-order valence-electron chi connectivity index (χ0n) is 12.5. The normalized spacial score (nSPS) is 12.3. The third-order valence-electron chi connectivity index (χ3n) is 3.34. The molecule has 0 aromatic carbocycles. The molecule has 2 N–H and O–H groups in total. The van der Waals surface area contributed by atoms with Crippen molar-refractivity contribution in [3.05, 3.63) is 6.33 Å². The first-order valence-electron chi connectivity index (χ1n) is 6.64. The number of hydrogen-bond acceptors (Lipinski definition) is 6. The van der Waals surface area contributed by atoms with Crippen LogP contribution in [0.4, 0.5) is 11.6 Å². The maximum absolute atomic E-state index is 5.33. The molecule has 1 heterocycles. The molecule has 0 aliphatic heterocycles. The maximum Gasteiger partial charge on any atom is 0.204 e. The lowest BCUT2D eigenvalue weighted by Crippen LogP contribution is -2.32. The van der Waals surface area contributed by atoms with Crippen LogP contribution in [0.15, 0.2) is 6.33 Å². The molecule has 0 aliphatic carbocycles. The van der Waals surface area contributed by atoms with Gasteiger partial charge >= 0.3 is 0 Å². The number of hydrogen-bond donors (Lipinski definition) is 2. The first kappa shape index (κ1) is 15.5. The maximum atomic E-state index is 5.33. The lowest BCUT2D eigenvalue weighted by atomic mass is 10.2. The van der Waals surface area contributed by atoms with Crippen molar-refractivity contribution in [3.8, 4) is 5.75 Å². The quantitative estimate of drug-likeness (QED) is 0.747. The molecule has 0 saturated heterocycles. The number of ether oxygens (including phenoxy) is 1. The van der Waals surface area contributed by atoms with Crippen LogP contribution < -0.4 is 15.4 Å². The van der Waals surface area contributed by atoms with E-state index in [1.54, 1.807) is 7.11 Å². The molecule has 0 radical (unpaired) electrons. The number of nitrogens with zero attached hydrogens (tertiary/aromatic N) is 3. The van der Waals surface area contributed by atoms with Crippen molar-refractivity contribution in [2.75, 3.05) is 44.9 Å². The molecular formula is C13H25N5O. The Labute approximate surface area is 115 Å². The SMILES string of the molecule is CCC(C)N(C)CCNc1ncnc(NC)c1OC. The summed E-state index contributed by atoms with van der Waals surface area (Å²) >= 11 is 0. The van der Waals surface area contributed by atoms with Gasteiger partial charge in [0.05, 0.1) is 7.11 Å². The molecule has 1 aromatic rings. The van der Waals surface area contributed by atoms with E-state index in [2.05, 4.69) is 46.4 Å². The second kappa shape index (κ2) is 7.78. The van der Waals surface area contributed by atoms with Crippen molar-refractivity contribution < 1.29 is 4.74 Å². The first-order valence-corrected chi connectivity index (χ1v) is 6.64. The molecule has 0 amide bonds. The van der Waals surface area contributed by atoms with Gasteiger partial charge in [-0.2, -0.15) is 0 Å². The molecule has 1 atom stereocenters. The second-order valence-electron chi connectivity index (χ2n) is 4.52. The Balaban J connectivity index is 2.58. The van der Waals surface area contributed by atoms with Gasteiger partial charge in [-0.3, -0.25) is 0 Å². The molecule has 0 saturated carbocycles. The molecule has 108 valence electrons. The van der Waals surface area contributed by atoms with Gasteiger partial charge < -0.3 is 20.3 Å². The van der Waals surface area contributed by atoms with E-state index in [-0.39, 0.29) is 0 Å². The Morgan fingerprint density at radius 1 is 1.37 bits per heavy atom. The number of methoxy groups -OCH3 is 1. The summed E-state index contributed by atoms with van der Waals surface area (Å²) in [5, 5.41) is 6.28. The van der Waals surface area contributed by atoms with Crippen molar-refractivity contribution in [2.45, 2.75) is 26.3 Å². The van der Waals surface area contributed by atoms with Gasteiger partial charge in [0, 0.05) is 26.2 Å². The van der Waals surface area contributed by atoms with Gasteiger partial charge in [0.15, 0.2) is 11.6 Å². The Morgan fingerprint density at radius 2 is 2.05 bits per heavy atom. The summed E-state index contributed by atoms with van der Waals surface area (Å²) in [4.78, 5) is 10.6. The average molecular weight is 267 g/mol. The molecule has 1 unspecified atom stereocenters. The summed E-state index contributed by atoms with van der Waals surface area (Å²) in [7, 11) is 5.56. The summed E-state index contributed by atoms with van der Waals surface area (Å²) < 4.78 is 5.33. The smallest absolute Gasteiger partial charge is 0.204 e. The third kappa shape index (κ3) is 4.24. The van der Waals surface area contributed by atoms with E-state index in [1.807, 2.05) is 7.05 Å². The van der Waals surface area contributed by atoms with Crippen LogP contribution in [-0.2, 0) is 0 Å². The number of likely N-dealkylation sites (N-methyl/N-ethyl adjacent to an activating group) is 1. The lowest BCUT2D eigenvalue weighted by molar-refractivity contribution is 0.261. The molecule has 6 nitrogen and oxygen atoms in total. The van der Waals surface area contributed by atoms with Crippen LogP contribution in [0.1, 0.15) is 20.3 Å². The number of rotatable bonds is 8. The summed E-state index contributed by atoms with van der Waals surface area (Å²) in [6, 6.07) is 0.585. The molecule has 1 aromatic heterocycles. The molecule has 0 spiro atoms. The van der Waals surface area contributed by atoms with Crippen molar-refractivity contribution in [2.24, 2.45) is 0 Å². The largest absolute Gasteiger partial charge is 0.490 e. The summed E-state index contributed by atoms with van der Waals surface area (Å²) in [5.74, 6) is 2.06. The predicted molar refractivity (Wildman–Crippen MR) is 79.0 cm³/mol. The molecule has 6 heteroatoms. The molecule has 1 rings (SSSR count). The summed E-state index contributed by atoms with van der Waals surface area (Å²) in [6.07, 6.45) is 2.67. The van der Waals surface area contributed by atoms with Gasteiger partial charge in [0.25, 0.3) is 0 Å². The van der Waals surface area contributed by atoms with Gasteiger partial charge in [-0.05, 0) is 20.4 Å². The molecular weight excluding hydrogens is 242 g/mol. The van der Waals surface area contributed by atoms with Crippen LogP contribution in [0.3, 0.4) is 0 Å². The standard InChI is InChI=1S/C13H25N5O/c1-6-10(2)18(4)8-7-15-13-11(19-5)12(14-3)16-9-17-13/h9-10H,6-8H2,1-5H3,(H2,14,15,16,17). The zero-order chi connectivity index (χ0) is 14.3. The van der Waals surface area contributed by atoms with Crippen LogP contribution in [0.5, 0.6) is 5.75 Å². The van der Waals surface area contributed by atoms with Crippen LogP contribution in [0.2, 0.25) is 0 Å². The van der Waals surface area contributed by atoms with E-state index in [1.165, 1.54) is 6.33 Å². The van der Waals surface area contributed by atoms with Crippen LogP contribution >= 0.6 is 0 Å². The number of aromatic nitrogens is 2. The minimum absolute atomic E-state index is 0.585. The average Bonchev–Trinajstić information content (AvgIpc) is 2.45. The second-order valence-corrected chi connectivity index (χ2v) is 4.52. The highest BCUT2D eigenvalue weighted by molar-refractivity contribution is 5.63. The van der Waals surface area contributed by atoms with Crippen molar-refractivity contribution in [1.82, 2.24) is 14.9 Å². The van der Waals surface area contributed by atoms with Gasteiger partial charge in [0.2, 0.25) is 5.75 Å². The fourth-order valence-electron chi connectivity index (χ4n) is 1.75. The Bertz CT molecular complexity index is 385. The summed E-state index contributed by atoms with van der Waals surface area (Å²) in [6.45, 7) is 6.19. The fraction of sp³-hybridized carbons (Fsp3) is 0.692. The predicted octanol–water partition coefficient (Wildman–Crippen LogP) is 1.67. The molecule has 0 fully saturated rings. The Kier molecular flexibility index (Phi) is 6.35. The van der Waals surface area contributed by atoms with E-state index >= 15 is 0 Å². The van der Waals surface area contributed by atoms with Crippen LogP contribution in [0.25, 0.3) is 0 Å². The van der Waals surface area contributed by atoms with E-state index in [0.29, 0.717) is 17.6 Å². The van der Waals surface area contributed by atoms with Crippen LogP contribution in [-0.4, -0.2) is 55.2 Å². The monoisotopic (exact) mass is 267 g/mol. The Morgan fingerprint density at radius 3 is 2.63 bits per heavy atom. The van der Waals surface area contributed by atoms with Crippen molar-refractivity contribution in [3.63, 3.8) is 0 Å². The first-order chi connectivity index (χ1) is 9.13. The van der Waals surface area contributed by atoms with Crippen molar-refractivity contribution >= 4 is 11.6 Å². The summed E-state index contributed by atoms with van der Waals surface area (Å²) in [5.41, 5.74) is 0. The highest BCUT2D eigenvalue weighted by atomic mass is 16.5. The highest BCUT2D eigenvalue weighted by Crippen LogP contribution is 2.28. The van der Waals surface area contributed by atoms with E-state index < -0.39 is 0 Å².